The van der Waals surface area contributed by atoms with Crippen molar-refractivity contribution in [3.8, 4) is 0 Å². The molecule has 1 aliphatic carbocycles. The number of hydrogen-bond donors (Lipinski definition) is 1. The van der Waals surface area contributed by atoms with Gasteiger partial charge in [0.05, 0.1) is 0 Å². The molecule has 4 heteroatoms. The van der Waals surface area contributed by atoms with Gasteiger partial charge < -0.3 is 5.32 Å². The molecule has 0 atom stereocenters. The summed E-state index contributed by atoms with van der Waals surface area (Å²) in [6.07, 6.45) is 5.85. The van der Waals surface area contributed by atoms with E-state index < -0.39 is 0 Å². The lowest BCUT2D eigenvalue weighted by Gasteiger charge is -2.31. The summed E-state index contributed by atoms with van der Waals surface area (Å²) < 4.78 is 1.03. The van der Waals surface area contributed by atoms with Crippen LogP contribution in [-0.4, -0.2) is 16.4 Å². The largest absolute Gasteiger partial charge is 0.310 e. The van der Waals surface area contributed by atoms with Gasteiger partial charge in [0.15, 0.2) is 0 Å². The van der Waals surface area contributed by atoms with Gasteiger partial charge in [0.1, 0.15) is 0 Å². The fourth-order valence-electron chi connectivity index (χ4n) is 1.53. The van der Waals surface area contributed by atoms with E-state index in [1.807, 2.05) is 6.20 Å². The van der Waals surface area contributed by atoms with Gasteiger partial charge in [-0.1, -0.05) is 0 Å². The Kier molecular flexibility index (Phi) is 3.42. The minimum atomic E-state index is 0.383. The minimum absolute atomic E-state index is 0.383. The fraction of sp³-hybridized carbons (Fsp3) is 0.500. The number of aromatic nitrogens is 1. The van der Waals surface area contributed by atoms with Crippen LogP contribution in [0.1, 0.15) is 18.4 Å². The molecular weight excluding hydrogens is 263 g/mol. The Labute approximate surface area is 97.2 Å². The maximum absolute atomic E-state index is 5.89. The number of nitrogens with one attached hydrogen (secondary N) is 1. The maximum atomic E-state index is 5.89. The van der Waals surface area contributed by atoms with Crippen LogP contribution in [-0.2, 0) is 6.54 Å². The Bertz CT molecular complexity index is 313. The number of hydrogen-bond acceptors (Lipinski definition) is 2. The van der Waals surface area contributed by atoms with E-state index >= 15 is 0 Å². The monoisotopic (exact) mass is 274 g/mol. The van der Waals surface area contributed by atoms with Gasteiger partial charge in [0, 0.05) is 34.8 Å². The van der Waals surface area contributed by atoms with Crippen molar-refractivity contribution < 1.29 is 0 Å². The van der Waals surface area contributed by atoms with Crippen molar-refractivity contribution in [2.24, 2.45) is 0 Å². The standard InChI is InChI=1S/C10H12BrClN2/c11-8-1-7(4-13-6-8)5-14-10-2-9(12)3-10/h1,4,6,9-10,14H,2-3,5H2. The normalized spacial score (nSPS) is 25.9. The van der Waals surface area contributed by atoms with Gasteiger partial charge in [-0.05, 0) is 40.4 Å². The first-order chi connectivity index (χ1) is 6.74. The lowest BCUT2D eigenvalue weighted by Crippen LogP contribution is -2.41. The van der Waals surface area contributed by atoms with Crippen molar-refractivity contribution in [1.82, 2.24) is 10.3 Å². The lowest BCUT2D eigenvalue weighted by molar-refractivity contribution is 0.345. The molecule has 1 aliphatic rings. The highest BCUT2D eigenvalue weighted by atomic mass is 79.9. The molecule has 14 heavy (non-hydrogen) atoms. The first-order valence-corrected chi connectivity index (χ1v) is 5.94. The summed E-state index contributed by atoms with van der Waals surface area (Å²) in [5.41, 5.74) is 1.21. The number of alkyl halides is 1. The van der Waals surface area contributed by atoms with Crippen LogP contribution < -0.4 is 5.32 Å². The van der Waals surface area contributed by atoms with Crippen molar-refractivity contribution in [3.05, 3.63) is 28.5 Å². The molecule has 1 N–H and O–H groups in total. The first-order valence-electron chi connectivity index (χ1n) is 4.71. The van der Waals surface area contributed by atoms with Crippen LogP contribution in [0.15, 0.2) is 22.9 Å². The molecule has 1 aromatic heterocycles. The summed E-state index contributed by atoms with van der Waals surface area (Å²) in [4.78, 5) is 4.11. The van der Waals surface area contributed by atoms with E-state index in [1.165, 1.54) is 5.56 Å². The molecule has 0 radical (unpaired) electrons. The van der Waals surface area contributed by atoms with Crippen molar-refractivity contribution in [2.75, 3.05) is 0 Å². The summed E-state index contributed by atoms with van der Waals surface area (Å²) in [7, 11) is 0. The molecule has 76 valence electrons. The van der Waals surface area contributed by atoms with Crippen LogP contribution in [0.3, 0.4) is 0 Å². The number of pyridine rings is 1. The predicted molar refractivity (Wildman–Crippen MR) is 61.4 cm³/mol. The summed E-state index contributed by atoms with van der Waals surface area (Å²) in [6.45, 7) is 0.876. The van der Waals surface area contributed by atoms with E-state index in [0.29, 0.717) is 11.4 Å². The van der Waals surface area contributed by atoms with E-state index in [9.17, 15) is 0 Å². The predicted octanol–water partition coefficient (Wildman–Crippen LogP) is 2.70. The zero-order valence-electron chi connectivity index (χ0n) is 7.71. The Morgan fingerprint density at radius 2 is 2.29 bits per heavy atom. The van der Waals surface area contributed by atoms with Crippen molar-refractivity contribution >= 4 is 27.5 Å². The highest BCUT2D eigenvalue weighted by Crippen LogP contribution is 2.25. The van der Waals surface area contributed by atoms with Gasteiger partial charge in [-0.15, -0.1) is 11.6 Å². The molecule has 0 amide bonds. The van der Waals surface area contributed by atoms with E-state index in [1.54, 1.807) is 6.20 Å². The fourth-order valence-corrected chi connectivity index (χ4v) is 2.37. The third-order valence-corrected chi connectivity index (χ3v) is 3.23. The van der Waals surface area contributed by atoms with Crippen LogP contribution in [0.25, 0.3) is 0 Å². The second-order valence-electron chi connectivity index (χ2n) is 3.66. The molecule has 1 heterocycles. The second-order valence-corrected chi connectivity index (χ2v) is 5.19. The van der Waals surface area contributed by atoms with E-state index in [2.05, 4.69) is 32.3 Å². The van der Waals surface area contributed by atoms with E-state index in [0.717, 1.165) is 23.9 Å². The average Bonchev–Trinajstić information content (AvgIpc) is 2.11. The zero-order valence-corrected chi connectivity index (χ0v) is 10.1. The van der Waals surface area contributed by atoms with E-state index in [-0.39, 0.29) is 0 Å². The Morgan fingerprint density at radius 3 is 2.93 bits per heavy atom. The number of rotatable bonds is 3. The van der Waals surface area contributed by atoms with Gasteiger partial charge in [-0.3, -0.25) is 4.98 Å². The van der Waals surface area contributed by atoms with Gasteiger partial charge in [0.25, 0.3) is 0 Å². The number of halogens is 2. The van der Waals surface area contributed by atoms with Gasteiger partial charge in [-0.25, -0.2) is 0 Å². The molecule has 1 aromatic rings. The second kappa shape index (κ2) is 4.60. The SMILES string of the molecule is ClC1CC(NCc2cncc(Br)c2)C1. The topological polar surface area (TPSA) is 24.9 Å². The molecule has 0 spiro atoms. The molecule has 1 saturated carbocycles. The summed E-state index contributed by atoms with van der Waals surface area (Å²) >= 11 is 9.29. The van der Waals surface area contributed by atoms with Gasteiger partial charge in [0.2, 0.25) is 0 Å². The summed E-state index contributed by atoms with van der Waals surface area (Å²) in [5, 5.41) is 3.83. The third-order valence-electron chi connectivity index (χ3n) is 2.44. The van der Waals surface area contributed by atoms with Crippen LogP contribution in [0.4, 0.5) is 0 Å². The minimum Gasteiger partial charge on any atom is -0.310 e. The maximum Gasteiger partial charge on any atom is 0.0410 e. The quantitative estimate of drug-likeness (QED) is 0.858. The van der Waals surface area contributed by atoms with Crippen LogP contribution in [0.5, 0.6) is 0 Å². The van der Waals surface area contributed by atoms with Crippen LogP contribution in [0.2, 0.25) is 0 Å². The Balaban J connectivity index is 1.80. The van der Waals surface area contributed by atoms with Crippen LogP contribution in [0, 0.1) is 0 Å². The molecule has 0 aliphatic heterocycles. The molecule has 1 fully saturated rings. The van der Waals surface area contributed by atoms with Crippen molar-refractivity contribution in [1.29, 1.82) is 0 Å². The van der Waals surface area contributed by atoms with Crippen LogP contribution >= 0.6 is 27.5 Å². The molecule has 0 saturated heterocycles. The Hall–Kier alpha value is -0.120. The number of nitrogens with zero attached hydrogens (tertiary/aromatic N) is 1. The lowest BCUT2D eigenvalue weighted by atomic mass is 9.92. The summed E-state index contributed by atoms with van der Waals surface area (Å²) in [5.74, 6) is 0. The molecule has 2 rings (SSSR count). The highest BCUT2D eigenvalue weighted by molar-refractivity contribution is 9.10. The van der Waals surface area contributed by atoms with Crippen molar-refractivity contribution in [3.63, 3.8) is 0 Å². The highest BCUT2D eigenvalue weighted by Gasteiger charge is 2.26. The molecule has 0 aromatic carbocycles. The Morgan fingerprint density at radius 1 is 1.50 bits per heavy atom. The third kappa shape index (κ3) is 2.69. The molecular formula is C10H12BrClN2. The first kappa shape index (κ1) is 10.4. The average molecular weight is 276 g/mol. The smallest absolute Gasteiger partial charge is 0.0410 e. The molecule has 0 bridgehead atoms. The van der Waals surface area contributed by atoms with Gasteiger partial charge >= 0.3 is 0 Å². The van der Waals surface area contributed by atoms with Crippen molar-refractivity contribution in [2.45, 2.75) is 30.8 Å². The summed E-state index contributed by atoms with van der Waals surface area (Å²) in [6, 6.07) is 2.67. The van der Waals surface area contributed by atoms with E-state index in [4.69, 9.17) is 11.6 Å². The van der Waals surface area contributed by atoms with Gasteiger partial charge in [-0.2, -0.15) is 0 Å². The zero-order chi connectivity index (χ0) is 9.97. The molecule has 0 unspecified atom stereocenters. The molecule has 2 nitrogen and oxygen atoms in total.